The predicted octanol–water partition coefficient (Wildman–Crippen LogP) is 3.65. The summed E-state index contributed by atoms with van der Waals surface area (Å²) in [5.74, 6) is 0.458. The Bertz CT molecular complexity index is 1610. The van der Waals surface area contributed by atoms with Crippen LogP contribution < -0.4 is 11.1 Å². The molecule has 1 aliphatic heterocycles. The zero-order chi connectivity index (χ0) is 26.1. The number of carbonyl (C=O) groups is 2. The van der Waals surface area contributed by atoms with Crippen LogP contribution in [0.25, 0.3) is 16.9 Å². The molecule has 37 heavy (non-hydrogen) atoms. The average Bonchev–Trinajstić information content (AvgIpc) is 3.54. The van der Waals surface area contributed by atoms with Crippen LogP contribution in [0.3, 0.4) is 0 Å². The number of nitrogens with zero attached hydrogens (tertiary/aromatic N) is 6. The molecule has 3 aromatic heterocycles. The topological polar surface area (TPSA) is 142 Å². The van der Waals surface area contributed by atoms with Crippen molar-refractivity contribution in [2.24, 2.45) is 0 Å². The molecule has 11 heteroatoms. The molecular formula is C26H21ClN8O2. The number of amides is 2. The minimum absolute atomic E-state index is 0.00921. The van der Waals surface area contributed by atoms with Gasteiger partial charge >= 0.3 is 0 Å². The molecule has 5 rings (SSSR count). The Labute approximate surface area is 217 Å². The smallest absolute Gasteiger partial charge is 0.256 e. The van der Waals surface area contributed by atoms with Gasteiger partial charge in [-0.15, -0.1) is 0 Å². The summed E-state index contributed by atoms with van der Waals surface area (Å²) < 4.78 is 1.73. The molecule has 1 aromatic carbocycles. The summed E-state index contributed by atoms with van der Waals surface area (Å²) in [7, 11) is 0. The van der Waals surface area contributed by atoms with Crippen LogP contribution in [0.15, 0.2) is 61.4 Å². The number of nitrogen functional groups attached to an aromatic ring is 1. The van der Waals surface area contributed by atoms with Gasteiger partial charge < -0.3 is 16.0 Å². The first-order chi connectivity index (χ1) is 17.9. The molecule has 0 spiro atoms. The van der Waals surface area contributed by atoms with Crippen LogP contribution in [-0.2, 0) is 4.79 Å². The van der Waals surface area contributed by atoms with Gasteiger partial charge in [-0.05, 0) is 48.9 Å². The van der Waals surface area contributed by atoms with E-state index in [4.69, 9.17) is 27.6 Å². The molecule has 4 aromatic rings. The molecule has 0 radical (unpaired) electrons. The number of carbonyl (C=O) groups excluding carboxylic acids is 2. The molecule has 0 bridgehead atoms. The van der Waals surface area contributed by atoms with E-state index in [1.165, 1.54) is 24.4 Å². The van der Waals surface area contributed by atoms with E-state index < -0.39 is 5.91 Å². The van der Waals surface area contributed by atoms with Crippen LogP contribution in [0.2, 0.25) is 5.02 Å². The normalized spacial score (nSPS) is 14.9. The minimum Gasteiger partial charge on any atom is -0.369 e. The van der Waals surface area contributed by atoms with Gasteiger partial charge in [-0.3, -0.25) is 14.0 Å². The monoisotopic (exact) mass is 512 g/mol. The highest BCUT2D eigenvalue weighted by atomic mass is 35.5. The standard InChI is InChI=1S/C26H21ClN8O2/c1-2-22(36)34-10-7-17(14-34)23-20-6-9-31-26(29)35(20)24(33-23)18-4-3-16(12-19(18)27)25(37)32-21-11-15(13-28)5-8-30-21/h2-6,8-9,11-12,17H,1,7,10,14H2,(H2,29,31)(H,30,32,37). The Hall–Kier alpha value is -4.75. The van der Waals surface area contributed by atoms with Crippen molar-refractivity contribution in [2.45, 2.75) is 12.3 Å². The lowest BCUT2D eigenvalue weighted by atomic mass is 10.0. The van der Waals surface area contributed by atoms with E-state index in [9.17, 15) is 9.59 Å². The number of nitrogens with one attached hydrogen (secondary N) is 1. The molecule has 4 heterocycles. The summed E-state index contributed by atoms with van der Waals surface area (Å²) in [6.07, 6.45) is 5.13. The number of halogens is 1. The zero-order valence-electron chi connectivity index (χ0n) is 19.6. The molecule has 1 saturated heterocycles. The lowest BCUT2D eigenvalue weighted by Gasteiger charge is -2.13. The summed E-state index contributed by atoms with van der Waals surface area (Å²) in [6.45, 7) is 4.71. The van der Waals surface area contributed by atoms with E-state index >= 15 is 0 Å². The Kier molecular flexibility index (Phi) is 6.29. The minimum atomic E-state index is -0.427. The number of benzene rings is 1. The number of nitrogens with two attached hydrogens (primary N) is 1. The Morgan fingerprint density at radius 1 is 1.22 bits per heavy atom. The van der Waals surface area contributed by atoms with E-state index in [2.05, 4.69) is 21.9 Å². The van der Waals surface area contributed by atoms with Gasteiger partial charge in [0.2, 0.25) is 11.9 Å². The van der Waals surface area contributed by atoms with Crippen LogP contribution in [-0.4, -0.2) is 49.2 Å². The summed E-state index contributed by atoms with van der Waals surface area (Å²) in [6, 6.07) is 11.7. The van der Waals surface area contributed by atoms with E-state index in [0.29, 0.717) is 40.6 Å². The fourth-order valence-corrected chi connectivity index (χ4v) is 4.74. The largest absolute Gasteiger partial charge is 0.369 e. The SMILES string of the molecule is C=CC(=O)N1CCC(c2nc(-c3ccc(C(=O)Nc4cc(C#N)ccn4)cc3Cl)n3c(N)nccc23)C1. The molecule has 10 nitrogen and oxygen atoms in total. The van der Waals surface area contributed by atoms with E-state index in [1.54, 1.807) is 33.7 Å². The molecule has 2 amide bonds. The van der Waals surface area contributed by atoms with Crippen molar-refractivity contribution in [3.05, 3.63) is 83.3 Å². The van der Waals surface area contributed by atoms with Gasteiger partial charge in [-0.1, -0.05) is 18.2 Å². The summed E-state index contributed by atoms with van der Waals surface area (Å²) in [5, 5.41) is 12.0. The zero-order valence-corrected chi connectivity index (χ0v) is 20.3. The molecule has 1 atom stereocenters. The third-order valence-corrected chi connectivity index (χ3v) is 6.59. The molecular weight excluding hydrogens is 492 g/mol. The number of imidazole rings is 1. The van der Waals surface area contributed by atoms with Crippen LogP contribution >= 0.6 is 11.6 Å². The summed E-state index contributed by atoms with van der Waals surface area (Å²) >= 11 is 6.65. The molecule has 1 fully saturated rings. The lowest BCUT2D eigenvalue weighted by Crippen LogP contribution is -2.26. The second-order valence-electron chi connectivity index (χ2n) is 8.51. The number of aromatic nitrogens is 4. The highest BCUT2D eigenvalue weighted by Gasteiger charge is 2.31. The van der Waals surface area contributed by atoms with Crippen molar-refractivity contribution in [2.75, 3.05) is 24.1 Å². The lowest BCUT2D eigenvalue weighted by molar-refractivity contribution is -0.125. The number of fused-ring (bicyclic) bond motifs is 1. The Balaban J connectivity index is 1.49. The number of pyridine rings is 1. The second-order valence-corrected chi connectivity index (χ2v) is 8.92. The maximum absolute atomic E-state index is 12.8. The van der Waals surface area contributed by atoms with Crippen LogP contribution in [0.5, 0.6) is 0 Å². The van der Waals surface area contributed by atoms with Gasteiger partial charge in [0.05, 0.1) is 27.9 Å². The molecule has 3 N–H and O–H groups in total. The van der Waals surface area contributed by atoms with Crippen LogP contribution in [0.1, 0.15) is 34.0 Å². The number of rotatable bonds is 5. The van der Waals surface area contributed by atoms with Crippen LogP contribution in [0, 0.1) is 11.3 Å². The fourth-order valence-electron chi connectivity index (χ4n) is 4.47. The maximum atomic E-state index is 12.8. The van der Waals surface area contributed by atoms with Crippen molar-refractivity contribution in [1.29, 1.82) is 5.26 Å². The molecule has 0 aliphatic carbocycles. The Morgan fingerprint density at radius 2 is 2.03 bits per heavy atom. The van der Waals surface area contributed by atoms with Gasteiger partial charge in [0.1, 0.15) is 11.6 Å². The van der Waals surface area contributed by atoms with Gasteiger partial charge in [0.15, 0.2) is 0 Å². The van der Waals surface area contributed by atoms with E-state index in [1.807, 2.05) is 12.1 Å². The molecule has 1 unspecified atom stereocenters. The van der Waals surface area contributed by atoms with E-state index in [-0.39, 0.29) is 23.6 Å². The number of hydrogen-bond acceptors (Lipinski definition) is 7. The Morgan fingerprint density at radius 3 is 2.78 bits per heavy atom. The first kappa shape index (κ1) is 24.0. The van der Waals surface area contributed by atoms with Crippen molar-refractivity contribution in [1.82, 2.24) is 24.3 Å². The fraction of sp³-hybridized carbons (Fsp3) is 0.154. The number of nitriles is 1. The third kappa shape index (κ3) is 4.48. The van der Waals surface area contributed by atoms with Gasteiger partial charge in [0, 0.05) is 42.5 Å². The highest BCUT2D eigenvalue weighted by Crippen LogP contribution is 2.36. The number of hydrogen-bond donors (Lipinski definition) is 2. The second kappa shape index (κ2) is 9.72. The quantitative estimate of drug-likeness (QED) is 0.388. The average molecular weight is 513 g/mol. The summed E-state index contributed by atoms with van der Waals surface area (Å²) in [5.41, 5.74) is 9.07. The summed E-state index contributed by atoms with van der Waals surface area (Å²) in [4.78, 5) is 39.8. The van der Waals surface area contributed by atoms with Gasteiger partial charge in [-0.2, -0.15) is 5.26 Å². The number of likely N-dealkylation sites (tertiary alicyclic amines) is 1. The maximum Gasteiger partial charge on any atom is 0.256 e. The third-order valence-electron chi connectivity index (χ3n) is 6.27. The highest BCUT2D eigenvalue weighted by molar-refractivity contribution is 6.33. The van der Waals surface area contributed by atoms with Gasteiger partial charge in [-0.25, -0.2) is 15.0 Å². The van der Waals surface area contributed by atoms with E-state index in [0.717, 1.165) is 17.6 Å². The van der Waals surface area contributed by atoms with Crippen molar-refractivity contribution >= 4 is 40.7 Å². The molecule has 0 saturated carbocycles. The van der Waals surface area contributed by atoms with Crippen molar-refractivity contribution in [3.8, 4) is 17.5 Å². The van der Waals surface area contributed by atoms with Crippen molar-refractivity contribution in [3.63, 3.8) is 0 Å². The molecule has 184 valence electrons. The number of anilines is 2. The van der Waals surface area contributed by atoms with Crippen LogP contribution in [0.4, 0.5) is 11.8 Å². The molecule has 1 aliphatic rings. The van der Waals surface area contributed by atoms with Crippen molar-refractivity contribution < 1.29 is 9.59 Å². The first-order valence-electron chi connectivity index (χ1n) is 11.4. The first-order valence-corrected chi connectivity index (χ1v) is 11.8. The van der Waals surface area contributed by atoms with Gasteiger partial charge in [0.25, 0.3) is 5.91 Å². The predicted molar refractivity (Wildman–Crippen MR) is 139 cm³/mol.